The minimum Gasteiger partial charge on any atom is -0.314 e. The van der Waals surface area contributed by atoms with Crippen LogP contribution in [0.25, 0.3) is 0 Å². The van der Waals surface area contributed by atoms with Crippen molar-refractivity contribution in [2.24, 2.45) is 4.99 Å². The summed E-state index contributed by atoms with van der Waals surface area (Å²) in [6, 6.07) is 0. The van der Waals surface area contributed by atoms with Gasteiger partial charge in [0.15, 0.2) is 0 Å². The zero-order valence-corrected chi connectivity index (χ0v) is 9.79. The van der Waals surface area contributed by atoms with Gasteiger partial charge in [-0.1, -0.05) is 12.7 Å². The average Bonchev–Trinajstić information content (AvgIpc) is 2.25. The van der Waals surface area contributed by atoms with Crippen LogP contribution in [0.2, 0.25) is 0 Å². The van der Waals surface area contributed by atoms with E-state index in [1.807, 2.05) is 13.1 Å². The standard InChI is InChI=1S/C12H21N3/c1-4-12(9-14-11(2)3)10-15-7-5-13-6-8-15/h4,9,13H,2,5-8,10H2,1,3H3/b12-4+,14-9-. The Kier molecular flexibility index (Phi) is 5.29. The van der Waals surface area contributed by atoms with Crippen LogP contribution in [-0.4, -0.2) is 43.8 Å². The van der Waals surface area contributed by atoms with Gasteiger partial charge in [0.1, 0.15) is 0 Å². The molecule has 0 spiro atoms. The lowest BCUT2D eigenvalue weighted by atomic mass is 10.2. The van der Waals surface area contributed by atoms with Gasteiger partial charge in [0, 0.05) is 44.6 Å². The molecule has 1 aliphatic heterocycles. The number of aliphatic imine (C=N–C) groups is 1. The molecule has 0 aliphatic carbocycles. The van der Waals surface area contributed by atoms with E-state index < -0.39 is 0 Å². The Labute approximate surface area is 92.6 Å². The van der Waals surface area contributed by atoms with Crippen molar-refractivity contribution in [3.63, 3.8) is 0 Å². The van der Waals surface area contributed by atoms with E-state index in [9.17, 15) is 0 Å². The van der Waals surface area contributed by atoms with Gasteiger partial charge in [0.2, 0.25) is 0 Å². The van der Waals surface area contributed by atoms with Gasteiger partial charge in [-0.15, -0.1) is 0 Å². The molecule has 0 unspecified atom stereocenters. The Bertz CT molecular complexity index is 260. The fraction of sp³-hybridized carbons (Fsp3) is 0.583. The summed E-state index contributed by atoms with van der Waals surface area (Å²) in [7, 11) is 0. The van der Waals surface area contributed by atoms with Crippen molar-refractivity contribution >= 4 is 6.21 Å². The maximum absolute atomic E-state index is 4.23. The number of allylic oxidation sites excluding steroid dienone is 2. The maximum Gasteiger partial charge on any atom is 0.0312 e. The molecular formula is C12H21N3. The van der Waals surface area contributed by atoms with E-state index in [-0.39, 0.29) is 0 Å². The molecule has 1 aliphatic rings. The molecule has 0 atom stereocenters. The summed E-state index contributed by atoms with van der Waals surface area (Å²) in [5, 5.41) is 3.35. The van der Waals surface area contributed by atoms with Crippen LogP contribution >= 0.6 is 0 Å². The first kappa shape index (κ1) is 12.1. The molecular weight excluding hydrogens is 186 g/mol. The molecule has 1 rings (SSSR count). The summed E-state index contributed by atoms with van der Waals surface area (Å²) in [5.74, 6) is 0. The molecule has 84 valence electrons. The Morgan fingerprint density at radius 1 is 1.47 bits per heavy atom. The van der Waals surface area contributed by atoms with Crippen LogP contribution in [0.1, 0.15) is 13.8 Å². The predicted molar refractivity (Wildman–Crippen MR) is 66.4 cm³/mol. The van der Waals surface area contributed by atoms with Crippen molar-refractivity contribution < 1.29 is 0 Å². The molecule has 1 saturated heterocycles. The monoisotopic (exact) mass is 207 g/mol. The Morgan fingerprint density at radius 3 is 2.67 bits per heavy atom. The first-order valence-electron chi connectivity index (χ1n) is 5.50. The normalized spacial score (nSPS) is 19.7. The Morgan fingerprint density at radius 2 is 2.13 bits per heavy atom. The van der Waals surface area contributed by atoms with E-state index in [2.05, 4.69) is 34.8 Å². The van der Waals surface area contributed by atoms with E-state index in [0.29, 0.717) is 0 Å². The molecule has 0 aromatic heterocycles. The summed E-state index contributed by atoms with van der Waals surface area (Å²) in [6.45, 7) is 13.2. The molecule has 1 heterocycles. The van der Waals surface area contributed by atoms with Crippen molar-refractivity contribution in [3.05, 3.63) is 23.9 Å². The molecule has 0 saturated carbocycles. The van der Waals surface area contributed by atoms with Gasteiger partial charge in [-0.25, -0.2) is 0 Å². The second-order valence-electron chi connectivity index (χ2n) is 3.88. The van der Waals surface area contributed by atoms with E-state index in [1.54, 1.807) is 0 Å². The van der Waals surface area contributed by atoms with Crippen LogP contribution < -0.4 is 5.32 Å². The van der Waals surface area contributed by atoms with E-state index >= 15 is 0 Å². The van der Waals surface area contributed by atoms with Crippen LogP contribution in [-0.2, 0) is 0 Å². The predicted octanol–water partition coefficient (Wildman–Crippen LogP) is 1.44. The fourth-order valence-electron chi connectivity index (χ4n) is 1.53. The quantitative estimate of drug-likeness (QED) is 0.706. The van der Waals surface area contributed by atoms with Crippen molar-refractivity contribution in [1.29, 1.82) is 0 Å². The third-order valence-electron chi connectivity index (χ3n) is 2.44. The van der Waals surface area contributed by atoms with Crippen molar-refractivity contribution in [2.45, 2.75) is 13.8 Å². The van der Waals surface area contributed by atoms with Crippen molar-refractivity contribution in [1.82, 2.24) is 10.2 Å². The highest BCUT2D eigenvalue weighted by Crippen LogP contribution is 2.00. The molecule has 0 radical (unpaired) electrons. The molecule has 0 bridgehead atoms. The van der Waals surface area contributed by atoms with E-state index in [4.69, 9.17) is 0 Å². The molecule has 3 heteroatoms. The summed E-state index contributed by atoms with van der Waals surface area (Å²) in [6.07, 6.45) is 4.04. The molecule has 1 fully saturated rings. The van der Waals surface area contributed by atoms with Gasteiger partial charge < -0.3 is 5.32 Å². The first-order chi connectivity index (χ1) is 7.22. The molecule has 1 N–H and O–H groups in total. The lowest BCUT2D eigenvalue weighted by Crippen LogP contribution is -2.44. The summed E-state index contributed by atoms with van der Waals surface area (Å²) in [5.41, 5.74) is 2.12. The van der Waals surface area contributed by atoms with Crippen LogP contribution in [0.4, 0.5) is 0 Å². The number of hydrogen-bond acceptors (Lipinski definition) is 3. The van der Waals surface area contributed by atoms with Crippen molar-refractivity contribution in [3.8, 4) is 0 Å². The molecule has 0 aromatic carbocycles. The Balaban J connectivity index is 2.42. The summed E-state index contributed by atoms with van der Waals surface area (Å²) >= 11 is 0. The average molecular weight is 207 g/mol. The highest BCUT2D eigenvalue weighted by atomic mass is 15.2. The lowest BCUT2D eigenvalue weighted by Gasteiger charge is -2.27. The van der Waals surface area contributed by atoms with Crippen LogP contribution in [0, 0.1) is 0 Å². The number of piperazine rings is 1. The highest BCUT2D eigenvalue weighted by molar-refractivity contribution is 5.79. The molecule has 15 heavy (non-hydrogen) atoms. The van der Waals surface area contributed by atoms with Crippen molar-refractivity contribution in [2.75, 3.05) is 32.7 Å². The van der Waals surface area contributed by atoms with Gasteiger partial charge in [0.05, 0.1) is 0 Å². The second-order valence-corrected chi connectivity index (χ2v) is 3.88. The minimum atomic E-state index is 0.856. The number of hydrogen-bond donors (Lipinski definition) is 1. The number of nitrogens with zero attached hydrogens (tertiary/aromatic N) is 2. The lowest BCUT2D eigenvalue weighted by molar-refractivity contribution is 0.262. The minimum absolute atomic E-state index is 0.856. The topological polar surface area (TPSA) is 27.6 Å². The third kappa shape index (κ3) is 4.91. The van der Waals surface area contributed by atoms with Gasteiger partial charge >= 0.3 is 0 Å². The first-order valence-corrected chi connectivity index (χ1v) is 5.50. The van der Waals surface area contributed by atoms with E-state index in [0.717, 1.165) is 38.4 Å². The van der Waals surface area contributed by atoms with Crippen LogP contribution in [0.5, 0.6) is 0 Å². The number of nitrogens with one attached hydrogen (secondary N) is 1. The van der Waals surface area contributed by atoms with Gasteiger partial charge in [-0.2, -0.15) is 0 Å². The number of rotatable bonds is 4. The molecule has 0 amide bonds. The Hall–Kier alpha value is -0.930. The van der Waals surface area contributed by atoms with Gasteiger partial charge in [-0.05, 0) is 19.4 Å². The maximum atomic E-state index is 4.23. The van der Waals surface area contributed by atoms with Crippen LogP contribution in [0.3, 0.4) is 0 Å². The summed E-state index contributed by atoms with van der Waals surface area (Å²) < 4.78 is 0. The smallest absolute Gasteiger partial charge is 0.0312 e. The zero-order chi connectivity index (χ0) is 11.1. The molecule has 0 aromatic rings. The SMILES string of the molecule is C=C(C)/N=C\C(=C/C)CN1CCNCC1. The molecule has 3 nitrogen and oxygen atoms in total. The second kappa shape index (κ2) is 6.53. The fourth-order valence-corrected chi connectivity index (χ4v) is 1.53. The van der Waals surface area contributed by atoms with Gasteiger partial charge in [-0.3, -0.25) is 9.89 Å². The van der Waals surface area contributed by atoms with Gasteiger partial charge in [0.25, 0.3) is 0 Å². The summed E-state index contributed by atoms with van der Waals surface area (Å²) in [4.78, 5) is 6.67. The van der Waals surface area contributed by atoms with E-state index in [1.165, 1.54) is 5.57 Å². The largest absolute Gasteiger partial charge is 0.314 e. The van der Waals surface area contributed by atoms with Crippen LogP contribution in [0.15, 0.2) is 28.9 Å². The zero-order valence-electron chi connectivity index (χ0n) is 9.79. The highest BCUT2D eigenvalue weighted by Gasteiger charge is 2.09. The third-order valence-corrected chi connectivity index (χ3v) is 2.44.